The normalized spacial score (nSPS) is 22.4. The van der Waals surface area contributed by atoms with Crippen LogP contribution < -0.4 is 11.1 Å². The largest absolute Gasteiger partial charge is 0.398 e. The molecule has 2 atom stereocenters. The van der Waals surface area contributed by atoms with Crippen LogP contribution in [-0.2, 0) is 0 Å². The van der Waals surface area contributed by atoms with Crippen LogP contribution in [0.1, 0.15) is 37.4 Å². The Morgan fingerprint density at radius 2 is 2.29 bits per heavy atom. The third kappa shape index (κ3) is 3.17. The highest BCUT2D eigenvalue weighted by molar-refractivity contribution is 5.48. The molecule has 1 aromatic rings. The van der Waals surface area contributed by atoms with E-state index in [0.29, 0.717) is 23.7 Å². The summed E-state index contributed by atoms with van der Waals surface area (Å²) in [5, 5.41) is 13.5. The maximum atomic E-state index is 13.1. The van der Waals surface area contributed by atoms with Crippen LogP contribution in [0, 0.1) is 5.82 Å². The zero-order valence-electron chi connectivity index (χ0n) is 9.82. The lowest BCUT2D eigenvalue weighted by Gasteiger charge is -2.26. The predicted molar refractivity (Wildman–Crippen MR) is 66.0 cm³/mol. The second-order valence-electron chi connectivity index (χ2n) is 4.67. The number of aliphatic hydroxyl groups is 1. The smallest absolute Gasteiger partial charge is 0.123 e. The summed E-state index contributed by atoms with van der Waals surface area (Å²) in [6, 6.07) is 4.44. The van der Waals surface area contributed by atoms with Crippen LogP contribution in [-0.4, -0.2) is 17.7 Å². The lowest BCUT2D eigenvalue weighted by atomic mass is 9.95. The minimum atomic E-state index is -0.693. The van der Waals surface area contributed by atoms with Gasteiger partial charge in [0.1, 0.15) is 5.82 Å². The van der Waals surface area contributed by atoms with Crippen LogP contribution in [0.25, 0.3) is 0 Å². The van der Waals surface area contributed by atoms with E-state index in [1.54, 1.807) is 0 Å². The maximum Gasteiger partial charge on any atom is 0.123 e. The fraction of sp³-hybridized carbons (Fsp3) is 0.538. The van der Waals surface area contributed by atoms with Gasteiger partial charge in [0.25, 0.3) is 0 Å². The van der Waals surface area contributed by atoms with Crippen LogP contribution in [0.2, 0.25) is 0 Å². The van der Waals surface area contributed by atoms with Crippen molar-refractivity contribution in [2.45, 2.75) is 37.8 Å². The summed E-state index contributed by atoms with van der Waals surface area (Å²) in [7, 11) is 0. The van der Waals surface area contributed by atoms with Crippen molar-refractivity contribution in [1.82, 2.24) is 5.32 Å². The summed E-state index contributed by atoms with van der Waals surface area (Å²) in [5.74, 6) is -0.357. The molecule has 3 nitrogen and oxygen atoms in total. The van der Waals surface area contributed by atoms with E-state index in [1.807, 2.05) is 0 Å². The van der Waals surface area contributed by atoms with E-state index in [1.165, 1.54) is 31.0 Å². The molecule has 1 fully saturated rings. The molecule has 2 unspecified atom stereocenters. The Kier molecular flexibility index (Phi) is 3.97. The van der Waals surface area contributed by atoms with Crippen LogP contribution >= 0.6 is 0 Å². The van der Waals surface area contributed by atoms with E-state index >= 15 is 0 Å². The van der Waals surface area contributed by atoms with Gasteiger partial charge in [-0.1, -0.05) is 6.42 Å². The Morgan fingerprint density at radius 1 is 1.47 bits per heavy atom. The molecular weight excluding hydrogens is 219 g/mol. The molecule has 2 rings (SSSR count). The first kappa shape index (κ1) is 12.3. The van der Waals surface area contributed by atoms with Gasteiger partial charge in [-0.2, -0.15) is 0 Å². The van der Waals surface area contributed by atoms with E-state index in [9.17, 15) is 9.50 Å². The van der Waals surface area contributed by atoms with Gasteiger partial charge in [0, 0.05) is 17.3 Å². The van der Waals surface area contributed by atoms with Crippen LogP contribution in [0.3, 0.4) is 0 Å². The number of aliphatic hydroxyl groups excluding tert-OH is 1. The van der Waals surface area contributed by atoms with Crippen molar-refractivity contribution < 1.29 is 9.50 Å². The molecule has 1 saturated heterocycles. The monoisotopic (exact) mass is 238 g/mol. The molecule has 4 heteroatoms. The number of benzene rings is 1. The molecule has 0 aliphatic carbocycles. The highest BCUT2D eigenvalue weighted by Gasteiger charge is 2.19. The first-order valence-corrected chi connectivity index (χ1v) is 6.13. The lowest BCUT2D eigenvalue weighted by molar-refractivity contribution is 0.145. The molecule has 0 spiro atoms. The average Bonchev–Trinajstić information content (AvgIpc) is 2.33. The van der Waals surface area contributed by atoms with Crippen LogP contribution in [0.4, 0.5) is 10.1 Å². The summed E-state index contributed by atoms with van der Waals surface area (Å²) in [5.41, 5.74) is 6.70. The molecule has 1 heterocycles. The van der Waals surface area contributed by atoms with Crippen molar-refractivity contribution in [3.63, 3.8) is 0 Å². The van der Waals surface area contributed by atoms with Crippen molar-refractivity contribution in [1.29, 1.82) is 0 Å². The Labute approximate surface area is 101 Å². The van der Waals surface area contributed by atoms with Crippen molar-refractivity contribution in [3.05, 3.63) is 29.6 Å². The molecule has 1 aromatic carbocycles. The molecule has 0 radical (unpaired) electrons. The van der Waals surface area contributed by atoms with Crippen molar-refractivity contribution >= 4 is 5.69 Å². The van der Waals surface area contributed by atoms with Gasteiger partial charge in [0.05, 0.1) is 6.10 Å². The number of nitrogens with two attached hydrogens (primary N) is 1. The number of hydrogen-bond donors (Lipinski definition) is 3. The molecule has 4 N–H and O–H groups in total. The first-order chi connectivity index (χ1) is 8.16. The van der Waals surface area contributed by atoms with Gasteiger partial charge in [0.2, 0.25) is 0 Å². The summed E-state index contributed by atoms with van der Waals surface area (Å²) in [4.78, 5) is 0. The summed E-state index contributed by atoms with van der Waals surface area (Å²) in [6.07, 6.45) is 3.33. The Bertz CT molecular complexity index is 378. The van der Waals surface area contributed by atoms with Crippen LogP contribution in [0.15, 0.2) is 18.2 Å². The van der Waals surface area contributed by atoms with Crippen molar-refractivity contribution in [2.24, 2.45) is 0 Å². The average molecular weight is 238 g/mol. The number of anilines is 1. The highest BCUT2D eigenvalue weighted by atomic mass is 19.1. The number of hydrogen-bond acceptors (Lipinski definition) is 3. The van der Waals surface area contributed by atoms with Gasteiger partial charge in [-0.15, -0.1) is 0 Å². The van der Waals surface area contributed by atoms with Gasteiger partial charge in [-0.25, -0.2) is 4.39 Å². The number of nitrogens with one attached hydrogen (secondary N) is 1. The quantitative estimate of drug-likeness (QED) is 0.706. The standard InChI is InChI=1S/C13H19FN2O/c14-9-4-5-12(15)11(7-9)13(17)8-10-3-1-2-6-16-10/h4-5,7,10,13,16-17H,1-3,6,8,15H2. The summed E-state index contributed by atoms with van der Waals surface area (Å²) < 4.78 is 13.1. The third-order valence-electron chi connectivity index (χ3n) is 3.33. The molecule has 94 valence electrons. The lowest BCUT2D eigenvalue weighted by Crippen LogP contribution is -2.35. The molecule has 0 amide bonds. The molecular formula is C13H19FN2O. The summed E-state index contributed by atoms with van der Waals surface area (Å²) in [6.45, 7) is 0.996. The first-order valence-electron chi connectivity index (χ1n) is 6.13. The van der Waals surface area contributed by atoms with Gasteiger partial charge >= 0.3 is 0 Å². The van der Waals surface area contributed by atoms with E-state index in [-0.39, 0.29) is 5.82 Å². The zero-order chi connectivity index (χ0) is 12.3. The van der Waals surface area contributed by atoms with Crippen LogP contribution in [0.5, 0.6) is 0 Å². The minimum Gasteiger partial charge on any atom is -0.398 e. The van der Waals surface area contributed by atoms with E-state index < -0.39 is 6.10 Å². The molecule has 0 saturated carbocycles. The number of halogens is 1. The SMILES string of the molecule is Nc1ccc(F)cc1C(O)CC1CCCCN1. The minimum absolute atomic E-state index is 0.307. The second-order valence-corrected chi connectivity index (χ2v) is 4.67. The highest BCUT2D eigenvalue weighted by Crippen LogP contribution is 2.26. The number of piperidine rings is 1. The van der Waals surface area contributed by atoms with E-state index in [0.717, 1.165) is 13.0 Å². The molecule has 0 aromatic heterocycles. The fourth-order valence-corrected chi connectivity index (χ4v) is 2.36. The molecule has 1 aliphatic heterocycles. The zero-order valence-corrected chi connectivity index (χ0v) is 9.82. The van der Waals surface area contributed by atoms with E-state index in [2.05, 4.69) is 5.32 Å². The Hall–Kier alpha value is -1.13. The van der Waals surface area contributed by atoms with E-state index in [4.69, 9.17) is 5.73 Å². The molecule has 17 heavy (non-hydrogen) atoms. The topological polar surface area (TPSA) is 58.3 Å². The van der Waals surface area contributed by atoms with Crippen molar-refractivity contribution in [2.75, 3.05) is 12.3 Å². The molecule has 0 bridgehead atoms. The van der Waals surface area contributed by atoms with Gasteiger partial charge in [-0.3, -0.25) is 0 Å². The fourth-order valence-electron chi connectivity index (χ4n) is 2.36. The van der Waals surface area contributed by atoms with Crippen molar-refractivity contribution in [3.8, 4) is 0 Å². The van der Waals surface area contributed by atoms with Gasteiger partial charge in [-0.05, 0) is 44.0 Å². The number of nitrogen functional groups attached to an aromatic ring is 1. The Balaban J connectivity index is 2.02. The number of rotatable bonds is 3. The van der Waals surface area contributed by atoms with Gasteiger partial charge < -0.3 is 16.2 Å². The second kappa shape index (κ2) is 5.47. The molecule has 1 aliphatic rings. The third-order valence-corrected chi connectivity index (χ3v) is 3.33. The summed E-state index contributed by atoms with van der Waals surface area (Å²) >= 11 is 0. The van der Waals surface area contributed by atoms with Gasteiger partial charge in [0.15, 0.2) is 0 Å². The predicted octanol–water partition coefficient (Wildman–Crippen LogP) is 1.97. The Morgan fingerprint density at radius 3 is 3.00 bits per heavy atom. The maximum absolute atomic E-state index is 13.1.